The fourth-order valence-corrected chi connectivity index (χ4v) is 2.72. The van der Waals surface area contributed by atoms with Crippen LogP contribution in [0.25, 0.3) is 5.69 Å². The average Bonchev–Trinajstić information content (AvgIpc) is 3.00. The minimum atomic E-state index is 0.839. The molecule has 1 aliphatic rings. The fraction of sp³-hybridized carbons (Fsp3) is 0.308. The summed E-state index contributed by atoms with van der Waals surface area (Å²) in [6.07, 6.45) is 6.37. The highest BCUT2D eigenvalue weighted by Crippen LogP contribution is 2.22. The molecule has 17 heavy (non-hydrogen) atoms. The van der Waals surface area contributed by atoms with Gasteiger partial charge in [0, 0.05) is 36.9 Å². The maximum absolute atomic E-state index is 4.16. The normalized spacial score (nSPS) is 15.5. The first-order valence-corrected chi connectivity index (χ1v) is 6.68. The van der Waals surface area contributed by atoms with Crippen molar-refractivity contribution in [3.63, 3.8) is 0 Å². The van der Waals surface area contributed by atoms with Gasteiger partial charge in [0.25, 0.3) is 0 Å². The van der Waals surface area contributed by atoms with Crippen molar-refractivity contribution in [2.45, 2.75) is 12.8 Å². The number of benzene rings is 1. The molecule has 1 aromatic carbocycles. The Kier molecular flexibility index (Phi) is 2.89. The predicted molar refractivity (Wildman–Crippen MR) is 72.7 cm³/mol. The van der Waals surface area contributed by atoms with Gasteiger partial charge in [-0.15, -0.1) is 0 Å². The SMILES string of the molecule is Brc1nccn1-c1ccc(N2CCCC2)cc1. The summed E-state index contributed by atoms with van der Waals surface area (Å²) in [5.74, 6) is 0. The van der Waals surface area contributed by atoms with Gasteiger partial charge in [-0.2, -0.15) is 0 Å². The van der Waals surface area contributed by atoms with E-state index in [0.717, 1.165) is 10.4 Å². The van der Waals surface area contributed by atoms with Crippen LogP contribution in [0.5, 0.6) is 0 Å². The average molecular weight is 292 g/mol. The van der Waals surface area contributed by atoms with Gasteiger partial charge in [-0.25, -0.2) is 4.98 Å². The molecule has 0 N–H and O–H groups in total. The third-order valence-electron chi connectivity index (χ3n) is 3.19. The molecule has 0 unspecified atom stereocenters. The second-order valence-corrected chi connectivity index (χ2v) is 4.99. The van der Waals surface area contributed by atoms with Gasteiger partial charge in [0.2, 0.25) is 0 Å². The zero-order valence-electron chi connectivity index (χ0n) is 9.51. The van der Waals surface area contributed by atoms with Crippen molar-refractivity contribution in [3.05, 3.63) is 41.4 Å². The molecule has 3 nitrogen and oxygen atoms in total. The number of aromatic nitrogens is 2. The minimum Gasteiger partial charge on any atom is -0.372 e. The second-order valence-electron chi connectivity index (χ2n) is 4.28. The monoisotopic (exact) mass is 291 g/mol. The highest BCUT2D eigenvalue weighted by molar-refractivity contribution is 9.10. The Labute approximate surface area is 109 Å². The quantitative estimate of drug-likeness (QED) is 0.847. The van der Waals surface area contributed by atoms with Crippen LogP contribution in [0.2, 0.25) is 0 Å². The summed E-state index contributed by atoms with van der Waals surface area (Å²) in [4.78, 5) is 6.60. The van der Waals surface area contributed by atoms with Crippen LogP contribution >= 0.6 is 15.9 Å². The van der Waals surface area contributed by atoms with Crippen molar-refractivity contribution < 1.29 is 0 Å². The summed E-state index contributed by atoms with van der Waals surface area (Å²) >= 11 is 3.43. The fourth-order valence-electron chi connectivity index (χ4n) is 2.28. The molecule has 88 valence electrons. The summed E-state index contributed by atoms with van der Waals surface area (Å²) in [5, 5.41) is 0. The van der Waals surface area contributed by atoms with E-state index in [0.29, 0.717) is 0 Å². The summed E-state index contributed by atoms with van der Waals surface area (Å²) < 4.78 is 2.86. The molecular weight excluding hydrogens is 278 g/mol. The van der Waals surface area contributed by atoms with E-state index in [1.54, 1.807) is 6.20 Å². The molecule has 3 rings (SSSR count). The maximum atomic E-state index is 4.16. The molecule has 0 radical (unpaired) electrons. The number of hydrogen-bond donors (Lipinski definition) is 0. The smallest absolute Gasteiger partial charge is 0.181 e. The van der Waals surface area contributed by atoms with E-state index in [2.05, 4.69) is 50.1 Å². The molecule has 1 fully saturated rings. The van der Waals surface area contributed by atoms with E-state index in [1.165, 1.54) is 31.6 Å². The van der Waals surface area contributed by atoms with Crippen molar-refractivity contribution in [3.8, 4) is 5.69 Å². The van der Waals surface area contributed by atoms with E-state index in [4.69, 9.17) is 0 Å². The largest absolute Gasteiger partial charge is 0.372 e. The Hall–Kier alpha value is -1.29. The van der Waals surface area contributed by atoms with Crippen LogP contribution in [0, 0.1) is 0 Å². The van der Waals surface area contributed by atoms with Crippen molar-refractivity contribution in [2.75, 3.05) is 18.0 Å². The zero-order valence-corrected chi connectivity index (χ0v) is 11.1. The summed E-state index contributed by atoms with van der Waals surface area (Å²) in [7, 11) is 0. The highest BCUT2D eigenvalue weighted by Gasteiger charge is 2.12. The van der Waals surface area contributed by atoms with Crippen molar-refractivity contribution in [2.24, 2.45) is 0 Å². The van der Waals surface area contributed by atoms with Crippen LogP contribution in [-0.4, -0.2) is 22.6 Å². The second kappa shape index (κ2) is 4.53. The van der Waals surface area contributed by atoms with Crippen LogP contribution in [0.4, 0.5) is 5.69 Å². The van der Waals surface area contributed by atoms with Crippen molar-refractivity contribution >= 4 is 21.6 Å². The van der Waals surface area contributed by atoms with Crippen molar-refractivity contribution in [1.29, 1.82) is 0 Å². The predicted octanol–water partition coefficient (Wildman–Crippen LogP) is 3.24. The topological polar surface area (TPSA) is 21.1 Å². The zero-order chi connectivity index (χ0) is 11.7. The van der Waals surface area contributed by atoms with Gasteiger partial charge in [-0.05, 0) is 53.0 Å². The molecule has 2 aromatic rings. The molecule has 0 spiro atoms. The van der Waals surface area contributed by atoms with Gasteiger partial charge in [0.15, 0.2) is 4.73 Å². The van der Waals surface area contributed by atoms with E-state index in [9.17, 15) is 0 Å². The van der Waals surface area contributed by atoms with Gasteiger partial charge in [0.1, 0.15) is 0 Å². The number of imidazole rings is 1. The molecule has 0 aliphatic carbocycles. The molecule has 0 bridgehead atoms. The summed E-state index contributed by atoms with van der Waals surface area (Å²) in [6, 6.07) is 8.65. The lowest BCUT2D eigenvalue weighted by atomic mass is 10.2. The third kappa shape index (κ3) is 2.09. The lowest BCUT2D eigenvalue weighted by Crippen LogP contribution is -2.17. The lowest BCUT2D eigenvalue weighted by molar-refractivity contribution is 0.949. The van der Waals surface area contributed by atoms with Crippen LogP contribution in [0.3, 0.4) is 0 Å². The van der Waals surface area contributed by atoms with Gasteiger partial charge >= 0.3 is 0 Å². The minimum absolute atomic E-state index is 0.839. The molecule has 4 heteroatoms. The first-order chi connectivity index (χ1) is 8.34. The molecular formula is C13H14BrN3. The van der Waals surface area contributed by atoms with E-state index in [-0.39, 0.29) is 0 Å². The van der Waals surface area contributed by atoms with Crippen molar-refractivity contribution in [1.82, 2.24) is 9.55 Å². The summed E-state index contributed by atoms with van der Waals surface area (Å²) in [6.45, 7) is 2.38. The molecule has 0 atom stereocenters. The lowest BCUT2D eigenvalue weighted by Gasteiger charge is -2.17. The Morgan fingerprint density at radius 1 is 1.00 bits per heavy atom. The Bertz CT molecular complexity index is 498. The number of anilines is 1. The first-order valence-electron chi connectivity index (χ1n) is 5.89. The van der Waals surface area contributed by atoms with E-state index in [1.807, 2.05) is 10.8 Å². The van der Waals surface area contributed by atoms with E-state index < -0.39 is 0 Å². The Balaban J connectivity index is 1.87. The summed E-state index contributed by atoms with van der Waals surface area (Å²) in [5.41, 5.74) is 2.46. The van der Waals surface area contributed by atoms with Gasteiger partial charge < -0.3 is 4.90 Å². The van der Waals surface area contributed by atoms with Crippen LogP contribution in [0.1, 0.15) is 12.8 Å². The highest BCUT2D eigenvalue weighted by atomic mass is 79.9. The number of rotatable bonds is 2. The Morgan fingerprint density at radius 2 is 1.65 bits per heavy atom. The van der Waals surface area contributed by atoms with Gasteiger partial charge in [-0.1, -0.05) is 0 Å². The van der Waals surface area contributed by atoms with Crippen LogP contribution < -0.4 is 4.90 Å². The number of nitrogens with zero attached hydrogens (tertiary/aromatic N) is 3. The number of hydrogen-bond acceptors (Lipinski definition) is 2. The maximum Gasteiger partial charge on any atom is 0.181 e. The van der Waals surface area contributed by atoms with Gasteiger partial charge in [0.05, 0.1) is 0 Å². The molecule has 1 aliphatic heterocycles. The van der Waals surface area contributed by atoms with Crippen LogP contribution in [0.15, 0.2) is 41.4 Å². The first kappa shape index (κ1) is 10.8. The number of halogens is 1. The Morgan fingerprint density at radius 3 is 2.24 bits per heavy atom. The van der Waals surface area contributed by atoms with E-state index >= 15 is 0 Å². The molecule has 0 saturated carbocycles. The molecule has 1 aromatic heterocycles. The third-order valence-corrected chi connectivity index (χ3v) is 3.78. The molecule has 1 saturated heterocycles. The van der Waals surface area contributed by atoms with Gasteiger partial charge in [-0.3, -0.25) is 4.57 Å². The molecule has 2 heterocycles. The molecule has 0 amide bonds. The standard InChI is InChI=1S/C13H14BrN3/c14-13-15-7-10-17(13)12-5-3-11(4-6-12)16-8-1-2-9-16/h3-7,10H,1-2,8-9H2. The van der Waals surface area contributed by atoms with Crippen LogP contribution in [-0.2, 0) is 0 Å².